The first-order chi connectivity index (χ1) is 27.9. The molecule has 4 aromatic carbocycles. The number of halogens is 4. The minimum Gasteiger partial charge on any atom is -0.365 e. The predicted octanol–water partition coefficient (Wildman–Crippen LogP) is 7.77. The van der Waals surface area contributed by atoms with E-state index in [1.165, 1.54) is 48.5 Å². The number of nitrogens with zero attached hydrogens (tertiary/aromatic N) is 3. The van der Waals surface area contributed by atoms with Crippen molar-refractivity contribution in [2.24, 2.45) is 5.73 Å². The number of Topliss-reactive ketones (excluding diaryl/α,β-unsaturated/α-hetero) is 2. The van der Waals surface area contributed by atoms with Crippen LogP contribution in [-0.2, 0) is 13.1 Å². The van der Waals surface area contributed by atoms with Gasteiger partial charge in [-0.3, -0.25) is 9.59 Å². The van der Waals surface area contributed by atoms with Crippen LogP contribution in [0.25, 0.3) is 0 Å². The Hall–Kier alpha value is -5.27. The Morgan fingerprint density at radius 2 is 1.09 bits per heavy atom. The highest BCUT2D eigenvalue weighted by molar-refractivity contribution is 6.05. The number of carbonyl (C=O) groups excluding carboxylic acids is 3. The third kappa shape index (κ3) is 9.37. The van der Waals surface area contributed by atoms with E-state index in [9.17, 15) is 31.9 Å². The lowest BCUT2D eigenvalue weighted by Crippen LogP contribution is -2.60. The molecule has 0 radical (unpaired) electrons. The third-order valence-electron chi connectivity index (χ3n) is 11.9. The standard InChI is InChI=1S/C23H25F2N3O2.C15H19FN2O.C7H8FN/c1-2-28-20-8-7-18(25)13-19(20)21(29)14-23(28)9-11-27(12-10-23)22(30)26-15-16-3-5-17(24)6-4-16;1-2-18-13-4-3-11(16)9-12(13)14(19)10-15(18)5-7-17-8-6-15;8-7-3-1-6(5-9)2-4-7/h3-8,13H,2,9-12,14-15H2,1H3,(H,26,30);3-4,9,17H,2,5-8,10H2,1H3;1-4H,5,9H2. The van der Waals surface area contributed by atoms with Crippen molar-refractivity contribution in [3.8, 4) is 0 Å². The summed E-state index contributed by atoms with van der Waals surface area (Å²) in [6.07, 6.45) is 4.15. The molecule has 4 aliphatic heterocycles. The van der Waals surface area contributed by atoms with Crippen LogP contribution in [0.1, 0.15) is 84.2 Å². The quantitative estimate of drug-likeness (QED) is 0.177. The van der Waals surface area contributed by atoms with Crippen molar-refractivity contribution in [2.75, 3.05) is 49.1 Å². The van der Waals surface area contributed by atoms with Gasteiger partial charge in [0.15, 0.2) is 11.6 Å². The molecule has 4 aromatic rings. The summed E-state index contributed by atoms with van der Waals surface area (Å²) in [7, 11) is 0. The van der Waals surface area contributed by atoms with Crippen molar-refractivity contribution in [1.29, 1.82) is 0 Å². The molecule has 0 aliphatic carbocycles. The molecule has 4 aliphatic rings. The summed E-state index contributed by atoms with van der Waals surface area (Å²) in [5, 5.41) is 6.23. The van der Waals surface area contributed by atoms with Gasteiger partial charge in [-0.1, -0.05) is 24.3 Å². The second-order valence-electron chi connectivity index (χ2n) is 15.3. The summed E-state index contributed by atoms with van der Waals surface area (Å²) in [6.45, 7) is 9.47. The smallest absolute Gasteiger partial charge is 0.317 e. The normalized spacial score (nSPS) is 17.7. The molecule has 2 fully saturated rings. The van der Waals surface area contributed by atoms with Crippen LogP contribution in [0.3, 0.4) is 0 Å². The zero-order valence-corrected chi connectivity index (χ0v) is 33.1. The highest BCUT2D eigenvalue weighted by atomic mass is 19.1. The number of hydrogen-bond donors (Lipinski definition) is 3. The van der Waals surface area contributed by atoms with Crippen molar-refractivity contribution in [1.82, 2.24) is 15.5 Å². The SMILES string of the molecule is CCN1c2ccc(F)cc2C(=O)CC12CCN(C(=O)NCc1ccc(F)cc1)CC2.CCN1c2ccc(F)cc2C(=O)CC12CCNCC2.NCc1ccc(F)cc1. The molecule has 58 heavy (non-hydrogen) atoms. The van der Waals surface area contributed by atoms with E-state index in [2.05, 4.69) is 27.4 Å². The average Bonchev–Trinajstić information content (AvgIpc) is 3.23. The monoisotopic (exact) mass is 800 g/mol. The second kappa shape index (κ2) is 18.5. The fourth-order valence-electron chi connectivity index (χ4n) is 8.86. The predicted molar refractivity (Wildman–Crippen MR) is 218 cm³/mol. The Morgan fingerprint density at radius 1 is 0.655 bits per heavy atom. The first kappa shape index (κ1) is 42.3. The number of urea groups is 1. The molecule has 0 bridgehead atoms. The largest absolute Gasteiger partial charge is 0.365 e. The molecule has 2 amide bonds. The maximum absolute atomic E-state index is 13.6. The van der Waals surface area contributed by atoms with E-state index in [4.69, 9.17) is 5.73 Å². The number of likely N-dealkylation sites (tertiary alicyclic amines) is 1. The van der Waals surface area contributed by atoms with Gasteiger partial charge in [0, 0.05) is 80.2 Å². The van der Waals surface area contributed by atoms with E-state index in [-0.39, 0.29) is 46.1 Å². The first-order valence-corrected chi connectivity index (χ1v) is 20.0. The van der Waals surface area contributed by atoms with Gasteiger partial charge in [-0.15, -0.1) is 0 Å². The zero-order chi connectivity index (χ0) is 41.5. The molecular weight excluding hydrogens is 749 g/mol. The van der Waals surface area contributed by atoms with Crippen LogP contribution in [0.5, 0.6) is 0 Å². The van der Waals surface area contributed by atoms with Gasteiger partial charge in [0.05, 0.1) is 5.54 Å². The fraction of sp³-hybridized carbons (Fsp3) is 0.400. The molecule has 0 atom stereocenters. The number of anilines is 2. The Morgan fingerprint density at radius 3 is 1.53 bits per heavy atom. The minimum absolute atomic E-state index is 0.0385. The molecule has 9 nitrogen and oxygen atoms in total. The van der Waals surface area contributed by atoms with E-state index in [0.717, 1.165) is 55.0 Å². The highest BCUT2D eigenvalue weighted by Gasteiger charge is 2.47. The van der Waals surface area contributed by atoms with Crippen LogP contribution >= 0.6 is 0 Å². The van der Waals surface area contributed by atoms with Crippen LogP contribution in [0.2, 0.25) is 0 Å². The summed E-state index contributed by atoms with van der Waals surface area (Å²) >= 11 is 0. The molecule has 8 rings (SSSR count). The Balaban J connectivity index is 0.000000171. The van der Waals surface area contributed by atoms with Gasteiger partial charge in [-0.25, -0.2) is 22.4 Å². The molecule has 2 saturated heterocycles. The van der Waals surface area contributed by atoms with E-state index in [1.807, 2.05) is 6.92 Å². The van der Waals surface area contributed by atoms with Crippen molar-refractivity contribution < 1.29 is 31.9 Å². The van der Waals surface area contributed by atoms with Crippen molar-refractivity contribution in [3.05, 3.63) is 130 Å². The average molecular weight is 801 g/mol. The van der Waals surface area contributed by atoms with Crippen molar-refractivity contribution in [3.63, 3.8) is 0 Å². The van der Waals surface area contributed by atoms with Crippen LogP contribution in [0.15, 0.2) is 84.9 Å². The van der Waals surface area contributed by atoms with Gasteiger partial charge in [-0.05, 0) is 124 Å². The molecule has 2 spiro atoms. The molecule has 308 valence electrons. The van der Waals surface area contributed by atoms with Gasteiger partial charge < -0.3 is 31.1 Å². The Labute approximate surface area is 337 Å². The molecule has 0 unspecified atom stereocenters. The van der Waals surface area contributed by atoms with Gasteiger partial charge in [-0.2, -0.15) is 0 Å². The summed E-state index contributed by atoms with van der Waals surface area (Å²) in [4.78, 5) is 44.0. The lowest BCUT2D eigenvalue weighted by Gasteiger charge is -2.52. The molecule has 4 N–H and O–H groups in total. The molecular formula is C45H52F4N6O3. The second-order valence-corrected chi connectivity index (χ2v) is 15.3. The van der Waals surface area contributed by atoms with Gasteiger partial charge in [0.1, 0.15) is 23.3 Å². The van der Waals surface area contributed by atoms with E-state index in [1.54, 1.807) is 41.3 Å². The number of fused-ring (bicyclic) bond motifs is 2. The third-order valence-corrected chi connectivity index (χ3v) is 11.9. The minimum atomic E-state index is -0.401. The van der Waals surface area contributed by atoms with Crippen LogP contribution in [-0.4, -0.2) is 72.8 Å². The maximum Gasteiger partial charge on any atom is 0.317 e. The van der Waals surface area contributed by atoms with Gasteiger partial charge in [0.2, 0.25) is 0 Å². The summed E-state index contributed by atoms with van der Waals surface area (Å²) in [5.74, 6) is -1.21. The van der Waals surface area contributed by atoms with E-state index in [0.29, 0.717) is 69.5 Å². The number of hydrogen-bond acceptors (Lipinski definition) is 7. The van der Waals surface area contributed by atoms with Crippen molar-refractivity contribution in [2.45, 2.75) is 76.5 Å². The number of ketones is 2. The van der Waals surface area contributed by atoms with Crippen LogP contribution in [0, 0.1) is 23.3 Å². The van der Waals surface area contributed by atoms with Crippen LogP contribution in [0.4, 0.5) is 33.7 Å². The Bertz CT molecular complexity index is 2070. The molecule has 0 aromatic heterocycles. The first-order valence-electron chi connectivity index (χ1n) is 20.0. The molecule has 13 heteroatoms. The zero-order valence-electron chi connectivity index (χ0n) is 33.1. The maximum atomic E-state index is 13.6. The molecule has 4 heterocycles. The topological polar surface area (TPSA) is 111 Å². The number of rotatable bonds is 5. The van der Waals surface area contributed by atoms with Gasteiger partial charge in [0.25, 0.3) is 0 Å². The van der Waals surface area contributed by atoms with Crippen molar-refractivity contribution >= 4 is 29.0 Å². The number of amides is 2. The highest BCUT2D eigenvalue weighted by Crippen LogP contribution is 2.44. The van der Waals surface area contributed by atoms with E-state index >= 15 is 0 Å². The lowest BCUT2D eigenvalue weighted by molar-refractivity contribution is 0.0882. The Kier molecular flexibility index (Phi) is 13.5. The lowest BCUT2D eigenvalue weighted by atomic mass is 9.76. The molecule has 0 saturated carbocycles. The summed E-state index contributed by atoms with van der Waals surface area (Å²) < 4.78 is 52.2. The summed E-state index contributed by atoms with van der Waals surface area (Å²) in [6, 6.07) is 21.0. The number of benzene rings is 4. The van der Waals surface area contributed by atoms with Gasteiger partial charge >= 0.3 is 6.03 Å². The van der Waals surface area contributed by atoms with E-state index < -0.39 is 5.82 Å². The summed E-state index contributed by atoms with van der Waals surface area (Å²) in [5.41, 5.74) is 9.33. The number of nitrogens with one attached hydrogen (secondary N) is 2. The fourth-order valence-corrected chi connectivity index (χ4v) is 8.86. The number of carbonyl (C=O) groups is 3. The number of piperidine rings is 2. The van der Waals surface area contributed by atoms with Crippen LogP contribution < -0.4 is 26.2 Å². The number of nitrogens with two attached hydrogens (primary N) is 1.